The maximum atomic E-state index is 11.9. The van der Waals surface area contributed by atoms with Crippen LogP contribution >= 0.6 is 0 Å². The van der Waals surface area contributed by atoms with Gasteiger partial charge in [0.25, 0.3) is 0 Å². The third kappa shape index (κ3) is 4.38. The van der Waals surface area contributed by atoms with Gasteiger partial charge in [-0.05, 0) is 45.0 Å². The molecule has 1 atom stereocenters. The summed E-state index contributed by atoms with van der Waals surface area (Å²) in [7, 11) is -2.20. The van der Waals surface area contributed by atoms with E-state index in [4.69, 9.17) is 10.8 Å². The van der Waals surface area contributed by atoms with Crippen LogP contribution in [0.5, 0.6) is 0 Å². The first-order valence-corrected chi connectivity index (χ1v) is 7.59. The molecule has 0 fully saturated rings. The number of hydrogen-bond donors (Lipinski definition) is 4. The minimum atomic E-state index is -3.56. The second kappa shape index (κ2) is 6.74. The van der Waals surface area contributed by atoms with Gasteiger partial charge < -0.3 is 16.2 Å². The summed E-state index contributed by atoms with van der Waals surface area (Å²) in [5.41, 5.74) is 6.54. The molecule has 1 rings (SSSR count). The molecule has 0 bridgehead atoms. The van der Waals surface area contributed by atoms with Gasteiger partial charge in [-0.25, -0.2) is 13.1 Å². The maximum Gasteiger partial charge on any atom is 0.242 e. The topological polar surface area (TPSA) is 104 Å². The van der Waals surface area contributed by atoms with Crippen molar-refractivity contribution < 1.29 is 13.5 Å². The first-order chi connectivity index (χ1) is 8.90. The van der Waals surface area contributed by atoms with E-state index in [1.54, 1.807) is 12.1 Å². The third-order valence-electron chi connectivity index (χ3n) is 2.76. The summed E-state index contributed by atoms with van der Waals surface area (Å²) in [4.78, 5) is 0.130. The zero-order chi connectivity index (χ0) is 14.5. The molecule has 0 saturated carbocycles. The number of anilines is 2. The molecule has 0 radical (unpaired) electrons. The van der Waals surface area contributed by atoms with Crippen molar-refractivity contribution in [3.8, 4) is 0 Å². The third-order valence-corrected chi connectivity index (χ3v) is 4.22. The second-order valence-electron chi connectivity index (χ2n) is 4.37. The van der Waals surface area contributed by atoms with E-state index < -0.39 is 10.0 Å². The highest BCUT2D eigenvalue weighted by molar-refractivity contribution is 7.89. The lowest BCUT2D eigenvalue weighted by atomic mass is 10.1. The van der Waals surface area contributed by atoms with E-state index in [1.807, 2.05) is 6.92 Å². The van der Waals surface area contributed by atoms with Crippen molar-refractivity contribution in [3.63, 3.8) is 0 Å². The van der Waals surface area contributed by atoms with E-state index in [0.717, 1.165) is 6.42 Å². The molecule has 0 aliphatic carbocycles. The number of aliphatic hydroxyl groups is 1. The van der Waals surface area contributed by atoms with Gasteiger partial charge in [-0.15, -0.1) is 0 Å². The minimum absolute atomic E-state index is 0.0570. The Morgan fingerprint density at radius 2 is 2.11 bits per heavy atom. The van der Waals surface area contributed by atoms with Crippen LogP contribution < -0.4 is 15.8 Å². The van der Waals surface area contributed by atoms with E-state index >= 15 is 0 Å². The Morgan fingerprint density at radius 3 is 2.68 bits per heavy atom. The summed E-state index contributed by atoms with van der Waals surface area (Å²) in [5.74, 6) is 0. The van der Waals surface area contributed by atoms with Crippen LogP contribution in [0.15, 0.2) is 23.1 Å². The second-order valence-corrected chi connectivity index (χ2v) is 6.23. The van der Waals surface area contributed by atoms with Crippen LogP contribution in [0, 0.1) is 0 Å². The number of nitrogens with one attached hydrogen (secondary N) is 2. The van der Waals surface area contributed by atoms with Crippen LogP contribution in [0.1, 0.15) is 19.8 Å². The molecule has 0 heterocycles. The van der Waals surface area contributed by atoms with Gasteiger partial charge in [0.05, 0.1) is 5.69 Å². The van der Waals surface area contributed by atoms with E-state index in [1.165, 1.54) is 13.1 Å². The lowest BCUT2D eigenvalue weighted by Gasteiger charge is -2.18. The largest absolute Gasteiger partial charge is 0.399 e. The summed E-state index contributed by atoms with van der Waals surface area (Å²) >= 11 is 0. The number of aliphatic hydroxyl groups excluding tert-OH is 1. The van der Waals surface area contributed by atoms with Crippen molar-refractivity contribution >= 4 is 21.4 Å². The van der Waals surface area contributed by atoms with E-state index in [0.29, 0.717) is 17.8 Å². The Kier molecular flexibility index (Phi) is 5.59. The summed E-state index contributed by atoms with van der Waals surface area (Å²) in [5, 5.41) is 11.9. The number of hydrogen-bond acceptors (Lipinski definition) is 5. The lowest BCUT2D eigenvalue weighted by Crippen LogP contribution is -2.23. The average Bonchev–Trinajstić information content (AvgIpc) is 2.38. The monoisotopic (exact) mass is 287 g/mol. The molecule has 0 spiro atoms. The zero-order valence-electron chi connectivity index (χ0n) is 11.2. The molecule has 19 heavy (non-hydrogen) atoms. The fourth-order valence-electron chi connectivity index (χ4n) is 1.73. The molecule has 108 valence electrons. The Balaban J connectivity index is 3.01. The van der Waals surface area contributed by atoms with Crippen molar-refractivity contribution in [2.75, 3.05) is 24.7 Å². The highest BCUT2D eigenvalue weighted by atomic mass is 32.2. The molecule has 1 unspecified atom stereocenters. The first-order valence-electron chi connectivity index (χ1n) is 6.11. The first kappa shape index (κ1) is 15.7. The number of sulfonamides is 1. The van der Waals surface area contributed by atoms with Crippen LogP contribution in [-0.2, 0) is 10.0 Å². The zero-order valence-corrected chi connectivity index (χ0v) is 12.0. The normalized spacial score (nSPS) is 13.2. The summed E-state index contributed by atoms with van der Waals surface area (Å²) in [6, 6.07) is 4.78. The van der Waals surface area contributed by atoms with E-state index in [9.17, 15) is 8.42 Å². The molecular weight excluding hydrogens is 266 g/mol. The van der Waals surface area contributed by atoms with Gasteiger partial charge >= 0.3 is 0 Å². The van der Waals surface area contributed by atoms with Crippen LogP contribution in [0.2, 0.25) is 0 Å². The van der Waals surface area contributed by atoms with Crippen LogP contribution in [0.25, 0.3) is 0 Å². The van der Waals surface area contributed by atoms with Crippen molar-refractivity contribution in [2.24, 2.45) is 0 Å². The smallest absolute Gasteiger partial charge is 0.242 e. The van der Waals surface area contributed by atoms with Gasteiger partial charge in [-0.3, -0.25) is 0 Å². The Hall–Kier alpha value is -1.31. The minimum Gasteiger partial charge on any atom is -0.399 e. The number of rotatable bonds is 7. The highest BCUT2D eigenvalue weighted by Crippen LogP contribution is 2.24. The maximum absolute atomic E-state index is 11.9. The van der Waals surface area contributed by atoms with Crippen molar-refractivity contribution in [3.05, 3.63) is 18.2 Å². The molecule has 6 nitrogen and oxygen atoms in total. The molecule has 0 amide bonds. The molecule has 5 N–H and O–H groups in total. The molecular formula is C12H21N3O3S. The SMILES string of the molecule is CNS(=O)(=O)c1cc(N)ccc1NC(C)CCCO. The number of nitrogen functional groups attached to an aromatic ring is 1. The molecule has 0 aliphatic heterocycles. The van der Waals surface area contributed by atoms with E-state index in [-0.39, 0.29) is 17.5 Å². The molecule has 0 saturated heterocycles. The number of nitrogens with two attached hydrogens (primary N) is 1. The fraction of sp³-hybridized carbons (Fsp3) is 0.500. The quantitative estimate of drug-likeness (QED) is 0.554. The Bertz CT molecular complexity index is 517. The molecule has 1 aromatic carbocycles. The number of benzene rings is 1. The Morgan fingerprint density at radius 1 is 1.42 bits per heavy atom. The van der Waals surface area contributed by atoms with Gasteiger partial charge in [0.15, 0.2) is 0 Å². The molecule has 0 aliphatic rings. The van der Waals surface area contributed by atoms with Gasteiger partial charge in [-0.2, -0.15) is 0 Å². The van der Waals surface area contributed by atoms with E-state index in [2.05, 4.69) is 10.0 Å². The summed E-state index contributed by atoms with van der Waals surface area (Å²) in [6.45, 7) is 2.05. The van der Waals surface area contributed by atoms with Crippen LogP contribution in [-0.4, -0.2) is 33.2 Å². The van der Waals surface area contributed by atoms with Gasteiger partial charge in [0.2, 0.25) is 10.0 Å². The molecule has 7 heteroatoms. The van der Waals surface area contributed by atoms with Crippen molar-refractivity contribution in [1.29, 1.82) is 0 Å². The lowest BCUT2D eigenvalue weighted by molar-refractivity contribution is 0.282. The van der Waals surface area contributed by atoms with Crippen molar-refractivity contribution in [2.45, 2.75) is 30.7 Å². The summed E-state index contributed by atoms with van der Waals surface area (Å²) < 4.78 is 26.1. The predicted octanol–water partition coefficient (Wildman–Crippen LogP) is 0.750. The van der Waals surface area contributed by atoms with Gasteiger partial charge in [0.1, 0.15) is 4.90 Å². The van der Waals surface area contributed by atoms with Crippen LogP contribution in [0.4, 0.5) is 11.4 Å². The van der Waals surface area contributed by atoms with Gasteiger partial charge in [-0.1, -0.05) is 0 Å². The highest BCUT2D eigenvalue weighted by Gasteiger charge is 2.18. The molecule has 1 aromatic rings. The predicted molar refractivity (Wildman–Crippen MR) is 76.5 cm³/mol. The van der Waals surface area contributed by atoms with Crippen LogP contribution in [0.3, 0.4) is 0 Å². The Labute approximate surface area is 114 Å². The average molecular weight is 287 g/mol. The van der Waals surface area contributed by atoms with Gasteiger partial charge in [0, 0.05) is 18.3 Å². The standard InChI is InChI=1S/C12H21N3O3S/c1-9(4-3-7-16)15-11-6-5-10(13)8-12(11)19(17,18)14-2/h5-6,8-9,14-16H,3-4,7,13H2,1-2H3. The van der Waals surface area contributed by atoms with Crippen molar-refractivity contribution in [1.82, 2.24) is 4.72 Å². The summed E-state index contributed by atoms with van der Waals surface area (Å²) in [6.07, 6.45) is 1.41. The molecule has 0 aromatic heterocycles. The fourth-order valence-corrected chi connectivity index (χ4v) is 2.65.